The molecule has 1 fully saturated rings. The van der Waals surface area contributed by atoms with E-state index >= 15 is 0 Å². The van der Waals surface area contributed by atoms with E-state index < -0.39 is 0 Å². The zero-order chi connectivity index (χ0) is 12.3. The van der Waals surface area contributed by atoms with Gasteiger partial charge in [-0.15, -0.1) is 0 Å². The molecule has 0 saturated carbocycles. The molecule has 1 aliphatic heterocycles. The molecule has 2 nitrogen and oxygen atoms in total. The van der Waals surface area contributed by atoms with Crippen molar-refractivity contribution < 1.29 is 0 Å². The number of rotatable bonds is 4. The Balaban J connectivity index is 1.99. The molecule has 0 N–H and O–H groups in total. The van der Waals surface area contributed by atoms with Crippen LogP contribution in [-0.4, -0.2) is 17.5 Å². The molecule has 90 valence electrons. The van der Waals surface area contributed by atoms with Crippen LogP contribution in [0, 0.1) is 11.3 Å². The lowest BCUT2D eigenvalue weighted by atomic mass is 9.97. The highest BCUT2D eigenvalue weighted by molar-refractivity contribution is 5.26. The van der Waals surface area contributed by atoms with Crippen LogP contribution < -0.4 is 0 Å². The van der Waals surface area contributed by atoms with Crippen molar-refractivity contribution in [2.75, 3.05) is 6.54 Å². The molecule has 0 amide bonds. The maximum Gasteiger partial charge on any atom is 0.0638 e. The lowest BCUT2D eigenvalue weighted by Crippen LogP contribution is -2.46. The standard InChI is InChI=1S/C15H20N2/c1-12(2)14-5-3-4-13(10-14)11-17-9-7-15(17)6-8-16/h3-5,10,12,15H,6-7,9,11H2,1-2H3. The third kappa shape index (κ3) is 2.87. The molecular formula is C15H20N2. The van der Waals surface area contributed by atoms with E-state index in [1.54, 1.807) is 0 Å². The molecule has 1 atom stereocenters. The molecule has 0 radical (unpaired) electrons. The van der Waals surface area contributed by atoms with E-state index in [2.05, 4.69) is 49.1 Å². The van der Waals surface area contributed by atoms with Gasteiger partial charge in [-0.1, -0.05) is 38.1 Å². The molecule has 1 aromatic carbocycles. The first kappa shape index (κ1) is 12.1. The van der Waals surface area contributed by atoms with Gasteiger partial charge in [0.25, 0.3) is 0 Å². The molecule has 1 aliphatic rings. The number of likely N-dealkylation sites (tertiary alicyclic amines) is 1. The van der Waals surface area contributed by atoms with E-state index in [0.717, 1.165) is 13.1 Å². The van der Waals surface area contributed by atoms with E-state index in [9.17, 15) is 0 Å². The monoisotopic (exact) mass is 228 g/mol. The van der Waals surface area contributed by atoms with Gasteiger partial charge in [-0.2, -0.15) is 5.26 Å². The van der Waals surface area contributed by atoms with Gasteiger partial charge >= 0.3 is 0 Å². The number of hydrogen-bond donors (Lipinski definition) is 0. The van der Waals surface area contributed by atoms with E-state index in [1.165, 1.54) is 17.5 Å². The number of hydrogen-bond acceptors (Lipinski definition) is 2. The lowest BCUT2D eigenvalue weighted by molar-refractivity contribution is 0.0853. The third-order valence-corrected chi connectivity index (χ3v) is 3.60. The first-order valence-corrected chi connectivity index (χ1v) is 6.40. The van der Waals surface area contributed by atoms with Crippen LogP contribution in [0.15, 0.2) is 24.3 Å². The normalized spacial score (nSPS) is 20.0. The summed E-state index contributed by atoms with van der Waals surface area (Å²) < 4.78 is 0. The Morgan fingerprint density at radius 1 is 1.47 bits per heavy atom. The van der Waals surface area contributed by atoms with Crippen molar-refractivity contribution >= 4 is 0 Å². The summed E-state index contributed by atoms with van der Waals surface area (Å²) in [6.07, 6.45) is 1.85. The Morgan fingerprint density at radius 3 is 2.88 bits per heavy atom. The predicted octanol–water partition coefficient (Wildman–Crippen LogP) is 3.30. The molecule has 1 unspecified atom stereocenters. The summed E-state index contributed by atoms with van der Waals surface area (Å²) in [5, 5.41) is 8.73. The molecule has 2 heteroatoms. The Kier molecular flexibility index (Phi) is 3.81. The largest absolute Gasteiger partial charge is 0.295 e. The van der Waals surface area contributed by atoms with Crippen molar-refractivity contribution in [1.82, 2.24) is 4.90 Å². The average molecular weight is 228 g/mol. The quantitative estimate of drug-likeness (QED) is 0.790. The summed E-state index contributed by atoms with van der Waals surface area (Å²) in [4.78, 5) is 2.41. The topological polar surface area (TPSA) is 27.0 Å². The summed E-state index contributed by atoms with van der Waals surface area (Å²) >= 11 is 0. The maximum atomic E-state index is 8.73. The van der Waals surface area contributed by atoms with E-state index in [1.807, 2.05) is 0 Å². The Labute approximate surface area is 104 Å². The van der Waals surface area contributed by atoms with Crippen LogP contribution in [0.5, 0.6) is 0 Å². The van der Waals surface area contributed by atoms with E-state index in [-0.39, 0.29) is 0 Å². The highest BCUT2D eigenvalue weighted by Crippen LogP contribution is 2.24. The van der Waals surface area contributed by atoms with Crippen molar-refractivity contribution in [2.45, 2.75) is 45.2 Å². The SMILES string of the molecule is CC(C)c1cccc(CN2CCC2CC#N)c1. The summed E-state index contributed by atoms with van der Waals surface area (Å²) in [5.41, 5.74) is 2.78. The van der Waals surface area contributed by atoms with Crippen LogP contribution in [0.4, 0.5) is 0 Å². The molecule has 1 saturated heterocycles. The second kappa shape index (κ2) is 5.33. The molecular weight excluding hydrogens is 208 g/mol. The van der Waals surface area contributed by atoms with Gasteiger partial charge in [0, 0.05) is 19.1 Å². The fourth-order valence-corrected chi connectivity index (χ4v) is 2.32. The van der Waals surface area contributed by atoms with Crippen molar-refractivity contribution in [2.24, 2.45) is 0 Å². The van der Waals surface area contributed by atoms with Gasteiger partial charge in [0.05, 0.1) is 12.5 Å². The minimum atomic E-state index is 0.489. The molecule has 2 rings (SSSR count). The Bertz CT molecular complexity index is 417. The van der Waals surface area contributed by atoms with Crippen LogP contribution in [0.3, 0.4) is 0 Å². The first-order valence-electron chi connectivity index (χ1n) is 6.40. The van der Waals surface area contributed by atoms with Crippen LogP contribution in [-0.2, 0) is 6.54 Å². The number of benzene rings is 1. The van der Waals surface area contributed by atoms with E-state index in [4.69, 9.17) is 5.26 Å². The summed E-state index contributed by atoms with van der Waals surface area (Å²) in [5.74, 6) is 0.584. The molecule has 17 heavy (non-hydrogen) atoms. The van der Waals surface area contributed by atoms with Crippen molar-refractivity contribution in [3.63, 3.8) is 0 Å². The van der Waals surface area contributed by atoms with Crippen molar-refractivity contribution in [1.29, 1.82) is 5.26 Å². The fourth-order valence-electron chi connectivity index (χ4n) is 2.32. The van der Waals surface area contributed by atoms with Gasteiger partial charge in [0.15, 0.2) is 0 Å². The van der Waals surface area contributed by atoms with Crippen LogP contribution in [0.1, 0.15) is 43.7 Å². The predicted molar refractivity (Wildman–Crippen MR) is 69.6 cm³/mol. The smallest absolute Gasteiger partial charge is 0.0638 e. The third-order valence-electron chi connectivity index (χ3n) is 3.60. The minimum Gasteiger partial charge on any atom is -0.295 e. The van der Waals surface area contributed by atoms with Crippen LogP contribution in [0.2, 0.25) is 0 Å². The van der Waals surface area contributed by atoms with Gasteiger partial charge in [-0.3, -0.25) is 4.90 Å². The summed E-state index contributed by atoms with van der Waals surface area (Å²) in [6.45, 7) is 6.58. The molecule has 0 aromatic heterocycles. The zero-order valence-electron chi connectivity index (χ0n) is 10.7. The fraction of sp³-hybridized carbons (Fsp3) is 0.533. The highest BCUT2D eigenvalue weighted by Gasteiger charge is 2.27. The molecule has 1 aromatic rings. The maximum absolute atomic E-state index is 8.73. The van der Waals surface area contributed by atoms with Gasteiger partial charge < -0.3 is 0 Å². The second-order valence-corrected chi connectivity index (χ2v) is 5.17. The Hall–Kier alpha value is -1.33. The van der Waals surface area contributed by atoms with Gasteiger partial charge in [-0.25, -0.2) is 0 Å². The molecule has 0 bridgehead atoms. The van der Waals surface area contributed by atoms with E-state index in [0.29, 0.717) is 18.4 Å². The molecule has 1 heterocycles. The average Bonchev–Trinajstić information content (AvgIpc) is 2.32. The number of nitriles is 1. The van der Waals surface area contributed by atoms with Gasteiger partial charge in [0.1, 0.15) is 0 Å². The molecule has 0 aliphatic carbocycles. The minimum absolute atomic E-state index is 0.489. The zero-order valence-corrected chi connectivity index (χ0v) is 10.7. The highest BCUT2D eigenvalue weighted by atomic mass is 15.2. The molecule has 0 spiro atoms. The Morgan fingerprint density at radius 2 is 2.29 bits per heavy atom. The van der Waals surface area contributed by atoms with Crippen LogP contribution in [0.25, 0.3) is 0 Å². The van der Waals surface area contributed by atoms with Crippen molar-refractivity contribution in [3.8, 4) is 6.07 Å². The first-order chi connectivity index (χ1) is 8.20. The summed E-state index contributed by atoms with van der Waals surface area (Å²) in [6, 6.07) is 11.6. The second-order valence-electron chi connectivity index (χ2n) is 5.17. The van der Waals surface area contributed by atoms with Gasteiger partial charge in [-0.05, 0) is 23.5 Å². The van der Waals surface area contributed by atoms with Gasteiger partial charge in [0.2, 0.25) is 0 Å². The lowest BCUT2D eigenvalue weighted by Gasteiger charge is -2.39. The summed E-state index contributed by atoms with van der Waals surface area (Å²) in [7, 11) is 0. The number of nitrogens with zero attached hydrogens (tertiary/aromatic N) is 2. The van der Waals surface area contributed by atoms with Crippen LogP contribution >= 0.6 is 0 Å². The van der Waals surface area contributed by atoms with Crippen molar-refractivity contribution in [3.05, 3.63) is 35.4 Å².